The fraction of sp³-hybridized carbons (Fsp3) is 0.143. The van der Waals surface area contributed by atoms with Crippen molar-refractivity contribution < 1.29 is 14.7 Å². The number of nitrogens with two attached hydrogens (primary N) is 1. The number of thiophene rings is 1. The molecule has 6 nitrogen and oxygen atoms in total. The molecule has 7 heteroatoms. The molecule has 0 radical (unpaired) electrons. The van der Waals surface area contributed by atoms with E-state index in [4.69, 9.17) is 15.7 Å². The highest BCUT2D eigenvalue weighted by atomic mass is 32.1. The van der Waals surface area contributed by atoms with E-state index >= 15 is 0 Å². The first kappa shape index (κ1) is 14.9. The maximum Gasteiger partial charge on any atom is 0.261 e. The summed E-state index contributed by atoms with van der Waals surface area (Å²) in [6.45, 7) is 0.353. The number of benzene rings is 1. The van der Waals surface area contributed by atoms with Crippen LogP contribution >= 0.6 is 11.3 Å². The molecule has 0 bridgehead atoms. The quantitative estimate of drug-likeness (QED) is 0.339. The molecule has 0 saturated heterocycles. The average Bonchev–Trinajstić information content (AvgIpc) is 3.01. The van der Waals surface area contributed by atoms with Crippen LogP contribution in [0.25, 0.3) is 0 Å². The molecule has 0 spiro atoms. The minimum Gasteiger partial charge on any atom is -0.496 e. The van der Waals surface area contributed by atoms with E-state index in [1.54, 1.807) is 36.8 Å². The summed E-state index contributed by atoms with van der Waals surface area (Å²) < 4.78 is 5.04. The molecule has 1 aromatic heterocycles. The van der Waals surface area contributed by atoms with Crippen molar-refractivity contribution in [2.45, 2.75) is 6.54 Å². The van der Waals surface area contributed by atoms with Crippen LogP contribution in [0.3, 0.4) is 0 Å². The predicted octanol–water partition coefficient (Wildman–Crippen LogP) is 1.78. The van der Waals surface area contributed by atoms with Crippen molar-refractivity contribution in [3.05, 3.63) is 51.7 Å². The van der Waals surface area contributed by atoms with E-state index in [9.17, 15) is 4.79 Å². The second-order valence-corrected chi connectivity index (χ2v) is 5.13. The van der Waals surface area contributed by atoms with Crippen LogP contribution in [0.1, 0.15) is 20.8 Å². The second kappa shape index (κ2) is 6.76. The van der Waals surface area contributed by atoms with Gasteiger partial charge in [0.15, 0.2) is 5.84 Å². The smallest absolute Gasteiger partial charge is 0.261 e. The van der Waals surface area contributed by atoms with E-state index in [0.29, 0.717) is 22.7 Å². The fourth-order valence-electron chi connectivity index (χ4n) is 1.71. The predicted molar refractivity (Wildman–Crippen MR) is 81.0 cm³/mol. The summed E-state index contributed by atoms with van der Waals surface area (Å²) in [5, 5.41) is 16.2. The molecule has 110 valence electrons. The molecular formula is C14H15N3O3S. The number of amidine groups is 1. The van der Waals surface area contributed by atoms with E-state index in [2.05, 4.69) is 10.5 Å². The Balaban J connectivity index is 2.01. The largest absolute Gasteiger partial charge is 0.496 e. The van der Waals surface area contributed by atoms with Gasteiger partial charge in [-0.3, -0.25) is 4.79 Å². The number of carbonyl (C=O) groups excluding carboxylic acids is 1. The lowest BCUT2D eigenvalue weighted by atomic mass is 10.1. The van der Waals surface area contributed by atoms with E-state index in [0.717, 1.165) is 5.56 Å². The van der Waals surface area contributed by atoms with Crippen molar-refractivity contribution in [3.8, 4) is 5.75 Å². The van der Waals surface area contributed by atoms with Crippen LogP contribution in [0.2, 0.25) is 0 Å². The summed E-state index contributed by atoms with van der Waals surface area (Å²) in [5.41, 5.74) is 6.99. The molecule has 2 aromatic rings. The number of hydrogen-bond acceptors (Lipinski definition) is 5. The first-order chi connectivity index (χ1) is 10.1. The topological polar surface area (TPSA) is 96.9 Å². The first-order valence-corrected chi connectivity index (χ1v) is 6.99. The second-order valence-electron chi connectivity index (χ2n) is 4.22. The van der Waals surface area contributed by atoms with Gasteiger partial charge in [0.2, 0.25) is 0 Å². The number of oxime groups is 1. The van der Waals surface area contributed by atoms with Crippen molar-refractivity contribution in [2.24, 2.45) is 10.9 Å². The SMILES string of the molecule is COc1csc(C(=O)NCc2cccc(/C(N)=N/O)c2)c1. The van der Waals surface area contributed by atoms with Crippen LogP contribution < -0.4 is 15.8 Å². The molecule has 0 fully saturated rings. The molecule has 0 saturated carbocycles. The van der Waals surface area contributed by atoms with Crippen LogP contribution in [0.15, 0.2) is 40.9 Å². The number of carbonyl (C=O) groups is 1. The molecular weight excluding hydrogens is 290 g/mol. The van der Waals surface area contributed by atoms with Crippen LogP contribution in [0.4, 0.5) is 0 Å². The lowest BCUT2D eigenvalue weighted by molar-refractivity contribution is 0.0954. The van der Waals surface area contributed by atoms with Crippen LogP contribution in [0.5, 0.6) is 5.75 Å². The molecule has 0 aliphatic rings. The summed E-state index contributed by atoms with van der Waals surface area (Å²) in [7, 11) is 1.56. The van der Waals surface area contributed by atoms with Gasteiger partial charge in [-0.05, 0) is 11.6 Å². The van der Waals surface area contributed by atoms with E-state index in [1.807, 2.05) is 6.07 Å². The standard InChI is InChI=1S/C14H15N3O3S/c1-20-11-6-12(21-8-11)14(18)16-7-9-3-2-4-10(5-9)13(15)17-19/h2-6,8,19H,7H2,1H3,(H2,15,17)(H,16,18). The Morgan fingerprint density at radius 2 is 2.29 bits per heavy atom. The summed E-state index contributed by atoms with van der Waals surface area (Å²) in [4.78, 5) is 12.6. The van der Waals surface area contributed by atoms with Gasteiger partial charge in [-0.25, -0.2) is 0 Å². The van der Waals surface area contributed by atoms with Crippen LogP contribution in [-0.2, 0) is 6.54 Å². The molecule has 21 heavy (non-hydrogen) atoms. The maximum atomic E-state index is 12.0. The molecule has 0 aliphatic heterocycles. The number of methoxy groups -OCH3 is 1. The zero-order valence-corrected chi connectivity index (χ0v) is 12.2. The number of nitrogens with one attached hydrogen (secondary N) is 1. The van der Waals surface area contributed by atoms with Gasteiger partial charge in [0, 0.05) is 23.6 Å². The number of ether oxygens (including phenoxy) is 1. The lowest BCUT2D eigenvalue weighted by Crippen LogP contribution is -2.22. The zero-order valence-electron chi connectivity index (χ0n) is 11.4. The Morgan fingerprint density at radius 3 is 2.95 bits per heavy atom. The number of amides is 1. The Kier molecular flexibility index (Phi) is 4.78. The molecule has 1 aromatic carbocycles. The van der Waals surface area contributed by atoms with Crippen molar-refractivity contribution >= 4 is 23.1 Å². The normalized spacial score (nSPS) is 11.2. The molecule has 0 atom stereocenters. The molecule has 4 N–H and O–H groups in total. The van der Waals surface area contributed by atoms with Crippen molar-refractivity contribution in [1.29, 1.82) is 0 Å². The summed E-state index contributed by atoms with van der Waals surface area (Å²) in [5.74, 6) is 0.530. The van der Waals surface area contributed by atoms with Gasteiger partial charge in [-0.15, -0.1) is 11.3 Å². The summed E-state index contributed by atoms with van der Waals surface area (Å²) >= 11 is 1.32. The van der Waals surface area contributed by atoms with Gasteiger partial charge < -0.3 is 21.0 Å². The molecule has 1 amide bonds. The Hall–Kier alpha value is -2.54. The summed E-state index contributed by atoms with van der Waals surface area (Å²) in [6, 6.07) is 8.80. The van der Waals surface area contributed by atoms with Crippen LogP contribution in [0, 0.1) is 0 Å². The number of nitrogens with zero attached hydrogens (tertiary/aromatic N) is 1. The van der Waals surface area contributed by atoms with Crippen LogP contribution in [-0.4, -0.2) is 24.1 Å². The van der Waals surface area contributed by atoms with Crippen molar-refractivity contribution in [1.82, 2.24) is 5.32 Å². The van der Waals surface area contributed by atoms with Gasteiger partial charge in [-0.2, -0.15) is 0 Å². The minimum atomic E-state index is -0.169. The third-order valence-electron chi connectivity index (χ3n) is 2.82. The highest BCUT2D eigenvalue weighted by Crippen LogP contribution is 2.20. The van der Waals surface area contributed by atoms with E-state index < -0.39 is 0 Å². The third-order valence-corrected chi connectivity index (χ3v) is 3.73. The Labute approximate surface area is 125 Å². The maximum absolute atomic E-state index is 12.0. The Bertz CT molecular complexity index is 667. The van der Waals surface area contributed by atoms with Gasteiger partial charge in [-0.1, -0.05) is 23.4 Å². The molecule has 1 heterocycles. The van der Waals surface area contributed by atoms with Gasteiger partial charge in [0.25, 0.3) is 5.91 Å². The average molecular weight is 305 g/mol. The third kappa shape index (κ3) is 3.73. The lowest BCUT2D eigenvalue weighted by Gasteiger charge is -2.06. The zero-order chi connectivity index (χ0) is 15.2. The van der Waals surface area contributed by atoms with Gasteiger partial charge in [0.05, 0.1) is 12.0 Å². The highest BCUT2D eigenvalue weighted by molar-refractivity contribution is 7.12. The van der Waals surface area contributed by atoms with Gasteiger partial charge >= 0.3 is 0 Å². The summed E-state index contributed by atoms with van der Waals surface area (Å²) in [6.07, 6.45) is 0. The monoisotopic (exact) mass is 305 g/mol. The Morgan fingerprint density at radius 1 is 1.48 bits per heavy atom. The van der Waals surface area contributed by atoms with Crippen molar-refractivity contribution in [2.75, 3.05) is 7.11 Å². The number of hydrogen-bond donors (Lipinski definition) is 3. The number of rotatable bonds is 5. The van der Waals surface area contributed by atoms with Crippen molar-refractivity contribution in [3.63, 3.8) is 0 Å². The molecule has 2 rings (SSSR count). The molecule has 0 unspecified atom stereocenters. The van der Waals surface area contributed by atoms with Gasteiger partial charge in [0.1, 0.15) is 5.75 Å². The molecule has 0 aliphatic carbocycles. The first-order valence-electron chi connectivity index (χ1n) is 6.11. The highest BCUT2D eigenvalue weighted by Gasteiger charge is 2.09. The van der Waals surface area contributed by atoms with E-state index in [1.165, 1.54) is 11.3 Å². The minimum absolute atomic E-state index is 0.0335. The van der Waals surface area contributed by atoms with E-state index in [-0.39, 0.29) is 11.7 Å². The fourth-order valence-corrected chi connectivity index (χ4v) is 2.48.